The predicted octanol–water partition coefficient (Wildman–Crippen LogP) is 4.42. The lowest BCUT2D eigenvalue weighted by Gasteiger charge is -2.20. The number of imidazole rings is 1. The molecule has 3 heteroatoms. The van der Waals surface area contributed by atoms with E-state index >= 15 is 0 Å². The summed E-state index contributed by atoms with van der Waals surface area (Å²) in [6.07, 6.45) is 5.64. The fraction of sp³-hybridized carbons (Fsp3) is 0.750. The fourth-order valence-corrected chi connectivity index (χ4v) is 2.38. The van der Waals surface area contributed by atoms with Crippen LogP contribution in [0.4, 0.5) is 0 Å². The van der Waals surface area contributed by atoms with E-state index in [2.05, 4.69) is 43.4 Å². The maximum Gasteiger partial charge on any atom is 0.177 e. The minimum Gasteiger partial charge on any atom is -0.337 e. The average Bonchev–Trinajstić information content (AvgIpc) is 2.57. The zero-order valence-electron chi connectivity index (χ0n) is 10.2. The molecule has 1 aromatic heterocycles. The highest BCUT2D eigenvalue weighted by Crippen LogP contribution is 2.24. The first-order valence-corrected chi connectivity index (χ1v) is 6.32. The van der Waals surface area contributed by atoms with E-state index in [1.54, 1.807) is 0 Å². The molecule has 1 heterocycles. The van der Waals surface area contributed by atoms with Gasteiger partial charge in [-0.15, -0.1) is 0 Å². The molecular formula is C12H22N2S. The Bertz CT molecular complexity index is 349. The number of aromatic amines is 1. The number of nitrogens with zero attached hydrogens (tertiary/aromatic N) is 1. The maximum atomic E-state index is 5.36. The normalized spacial score (nSPS) is 13.4. The van der Waals surface area contributed by atoms with E-state index in [4.69, 9.17) is 12.2 Å². The molecule has 0 aromatic carbocycles. The standard InChI is InChI=1S/C12H22N2S/c1-5-7-10(6-2)14-11(9(3)4)8-13-12(14)15/h8-10H,5-7H2,1-4H3,(H,13,15). The van der Waals surface area contributed by atoms with Gasteiger partial charge < -0.3 is 9.55 Å². The molecule has 86 valence electrons. The quantitative estimate of drug-likeness (QED) is 0.737. The average molecular weight is 226 g/mol. The van der Waals surface area contributed by atoms with Crippen molar-refractivity contribution < 1.29 is 0 Å². The Morgan fingerprint density at radius 3 is 2.53 bits per heavy atom. The monoisotopic (exact) mass is 226 g/mol. The van der Waals surface area contributed by atoms with Gasteiger partial charge in [0.2, 0.25) is 0 Å². The Labute approximate surface area is 97.7 Å². The molecule has 0 spiro atoms. The first-order chi connectivity index (χ1) is 7.11. The summed E-state index contributed by atoms with van der Waals surface area (Å²) in [6, 6.07) is 0.561. The molecule has 1 aromatic rings. The van der Waals surface area contributed by atoms with E-state index in [-0.39, 0.29) is 0 Å². The van der Waals surface area contributed by atoms with Gasteiger partial charge in [0.15, 0.2) is 4.77 Å². The third-order valence-electron chi connectivity index (χ3n) is 2.89. The molecule has 0 bridgehead atoms. The molecule has 1 unspecified atom stereocenters. The van der Waals surface area contributed by atoms with Crippen LogP contribution in [0.15, 0.2) is 6.20 Å². The van der Waals surface area contributed by atoms with Crippen molar-refractivity contribution in [3.8, 4) is 0 Å². The Morgan fingerprint density at radius 2 is 2.07 bits per heavy atom. The lowest BCUT2D eigenvalue weighted by atomic mass is 10.1. The fourth-order valence-electron chi connectivity index (χ4n) is 2.06. The van der Waals surface area contributed by atoms with Crippen LogP contribution in [-0.2, 0) is 0 Å². The van der Waals surface area contributed by atoms with E-state index in [9.17, 15) is 0 Å². The van der Waals surface area contributed by atoms with Gasteiger partial charge >= 0.3 is 0 Å². The molecule has 0 saturated heterocycles. The van der Waals surface area contributed by atoms with Crippen LogP contribution in [0.25, 0.3) is 0 Å². The zero-order valence-corrected chi connectivity index (χ0v) is 11.0. The van der Waals surface area contributed by atoms with Gasteiger partial charge in [-0.2, -0.15) is 0 Å². The van der Waals surface area contributed by atoms with Crippen LogP contribution >= 0.6 is 12.2 Å². The second kappa shape index (κ2) is 5.50. The largest absolute Gasteiger partial charge is 0.337 e. The molecule has 0 saturated carbocycles. The van der Waals surface area contributed by atoms with Crippen LogP contribution in [0, 0.1) is 4.77 Å². The maximum absolute atomic E-state index is 5.36. The molecule has 0 aliphatic carbocycles. The predicted molar refractivity (Wildman–Crippen MR) is 67.9 cm³/mol. The molecule has 15 heavy (non-hydrogen) atoms. The Kier molecular flexibility index (Phi) is 4.58. The second-order valence-electron chi connectivity index (χ2n) is 4.39. The van der Waals surface area contributed by atoms with E-state index in [0.29, 0.717) is 12.0 Å². The van der Waals surface area contributed by atoms with Crippen LogP contribution in [0.3, 0.4) is 0 Å². The van der Waals surface area contributed by atoms with Crippen molar-refractivity contribution in [3.05, 3.63) is 16.7 Å². The Morgan fingerprint density at radius 1 is 1.40 bits per heavy atom. The molecular weight excluding hydrogens is 204 g/mol. The highest BCUT2D eigenvalue weighted by Gasteiger charge is 2.14. The highest BCUT2D eigenvalue weighted by atomic mass is 32.1. The van der Waals surface area contributed by atoms with Gasteiger partial charge in [-0.1, -0.05) is 34.1 Å². The number of hydrogen-bond acceptors (Lipinski definition) is 1. The molecule has 0 amide bonds. The Balaban J connectivity index is 3.09. The van der Waals surface area contributed by atoms with Crippen LogP contribution in [0.2, 0.25) is 0 Å². The first kappa shape index (κ1) is 12.5. The third-order valence-corrected chi connectivity index (χ3v) is 3.20. The third kappa shape index (κ3) is 2.71. The molecule has 1 rings (SSSR count). The highest BCUT2D eigenvalue weighted by molar-refractivity contribution is 7.71. The van der Waals surface area contributed by atoms with Crippen LogP contribution in [0.5, 0.6) is 0 Å². The molecule has 0 radical (unpaired) electrons. The van der Waals surface area contributed by atoms with Crippen molar-refractivity contribution in [2.45, 2.75) is 58.9 Å². The summed E-state index contributed by atoms with van der Waals surface area (Å²) < 4.78 is 3.18. The summed E-state index contributed by atoms with van der Waals surface area (Å²) in [5.41, 5.74) is 1.33. The molecule has 1 N–H and O–H groups in total. The molecule has 2 nitrogen and oxygen atoms in total. The molecule has 0 fully saturated rings. The van der Waals surface area contributed by atoms with Crippen molar-refractivity contribution in [3.63, 3.8) is 0 Å². The van der Waals surface area contributed by atoms with Crippen LogP contribution in [0.1, 0.15) is 64.6 Å². The number of nitrogens with one attached hydrogen (secondary N) is 1. The van der Waals surface area contributed by atoms with E-state index < -0.39 is 0 Å². The summed E-state index contributed by atoms with van der Waals surface area (Å²) in [6.45, 7) is 8.90. The number of aromatic nitrogens is 2. The first-order valence-electron chi connectivity index (χ1n) is 5.91. The van der Waals surface area contributed by atoms with E-state index in [1.165, 1.54) is 18.5 Å². The van der Waals surface area contributed by atoms with Gasteiger partial charge in [-0.05, 0) is 31.0 Å². The topological polar surface area (TPSA) is 20.7 Å². The summed E-state index contributed by atoms with van der Waals surface area (Å²) >= 11 is 5.36. The molecule has 1 atom stereocenters. The lowest BCUT2D eigenvalue weighted by molar-refractivity contribution is 0.426. The number of H-pyrrole nitrogens is 1. The Hall–Kier alpha value is -0.570. The van der Waals surface area contributed by atoms with Crippen LogP contribution in [-0.4, -0.2) is 9.55 Å². The lowest BCUT2D eigenvalue weighted by Crippen LogP contribution is -2.12. The summed E-state index contributed by atoms with van der Waals surface area (Å²) in [7, 11) is 0. The van der Waals surface area contributed by atoms with Gasteiger partial charge in [-0.25, -0.2) is 0 Å². The van der Waals surface area contributed by atoms with E-state index in [0.717, 1.165) is 11.2 Å². The van der Waals surface area contributed by atoms with Crippen molar-refractivity contribution >= 4 is 12.2 Å². The second-order valence-corrected chi connectivity index (χ2v) is 4.78. The van der Waals surface area contributed by atoms with Crippen molar-refractivity contribution in [2.24, 2.45) is 0 Å². The molecule has 0 aliphatic rings. The van der Waals surface area contributed by atoms with E-state index in [1.807, 2.05) is 0 Å². The van der Waals surface area contributed by atoms with Gasteiger partial charge in [-0.3, -0.25) is 0 Å². The minimum absolute atomic E-state index is 0.531. The number of rotatable bonds is 5. The van der Waals surface area contributed by atoms with Crippen molar-refractivity contribution in [1.82, 2.24) is 9.55 Å². The summed E-state index contributed by atoms with van der Waals surface area (Å²) in [5.74, 6) is 0.531. The number of hydrogen-bond donors (Lipinski definition) is 1. The van der Waals surface area contributed by atoms with Crippen LogP contribution < -0.4 is 0 Å². The SMILES string of the molecule is CCCC(CC)n1c(C(C)C)c[nH]c1=S. The van der Waals surface area contributed by atoms with Crippen molar-refractivity contribution in [2.75, 3.05) is 0 Å². The summed E-state index contributed by atoms with van der Waals surface area (Å²) in [5, 5.41) is 0. The summed E-state index contributed by atoms with van der Waals surface area (Å²) in [4.78, 5) is 3.17. The molecule has 0 aliphatic heterocycles. The van der Waals surface area contributed by atoms with Gasteiger partial charge in [0.1, 0.15) is 0 Å². The van der Waals surface area contributed by atoms with Gasteiger partial charge in [0, 0.05) is 17.9 Å². The zero-order chi connectivity index (χ0) is 11.4. The smallest absolute Gasteiger partial charge is 0.177 e. The minimum atomic E-state index is 0.531. The van der Waals surface area contributed by atoms with Gasteiger partial charge in [0.25, 0.3) is 0 Å². The van der Waals surface area contributed by atoms with Crippen molar-refractivity contribution in [1.29, 1.82) is 0 Å². The van der Waals surface area contributed by atoms with Gasteiger partial charge in [0.05, 0.1) is 0 Å².